The Hall–Kier alpha value is -3.03. The summed E-state index contributed by atoms with van der Waals surface area (Å²) in [7, 11) is 0. The lowest BCUT2D eigenvalue weighted by Gasteiger charge is -1.98. The molecule has 0 radical (unpaired) electrons. The zero-order valence-electron chi connectivity index (χ0n) is 11.3. The van der Waals surface area contributed by atoms with E-state index in [1.807, 2.05) is 26.0 Å². The molecule has 0 aliphatic carbocycles. The first-order chi connectivity index (χ1) is 10.0. The number of nitrogens with zero attached hydrogens (tertiary/aromatic N) is 4. The highest BCUT2D eigenvalue weighted by atomic mass is 16.5. The number of hydrogen-bond donors (Lipinski definition) is 2. The molecule has 21 heavy (non-hydrogen) atoms. The van der Waals surface area contributed by atoms with Gasteiger partial charge in [0.05, 0.1) is 6.33 Å². The zero-order chi connectivity index (χ0) is 15.0. The number of carboxylic acid groups (broad SMARTS) is 1. The van der Waals surface area contributed by atoms with Crippen molar-refractivity contribution in [3.63, 3.8) is 0 Å². The number of rotatable bonds is 3. The van der Waals surface area contributed by atoms with Crippen LogP contribution in [0.4, 0.5) is 0 Å². The van der Waals surface area contributed by atoms with Gasteiger partial charge in [0.2, 0.25) is 5.82 Å². The van der Waals surface area contributed by atoms with Crippen LogP contribution in [0, 0.1) is 13.8 Å². The van der Waals surface area contributed by atoms with Crippen molar-refractivity contribution in [1.82, 2.24) is 25.1 Å². The number of carboxylic acids is 1. The number of carbonyl (C=O) groups is 1. The number of hydrogen-bond acceptors (Lipinski definition) is 6. The maximum Gasteiger partial charge on any atom is 0.356 e. The van der Waals surface area contributed by atoms with E-state index >= 15 is 0 Å². The van der Waals surface area contributed by atoms with E-state index in [4.69, 9.17) is 9.63 Å². The fraction of sp³-hybridized carbons (Fsp3) is 0.154. The molecule has 0 aliphatic heterocycles. The van der Waals surface area contributed by atoms with Crippen molar-refractivity contribution < 1.29 is 14.4 Å². The van der Waals surface area contributed by atoms with Gasteiger partial charge >= 0.3 is 5.97 Å². The van der Waals surface area contributed by atoms with Crippen LogP contribution in [0.25, 0.3) is 23.0 Å². The van der Waals surface area contributed by atoms with Crippen molar-refractivity contribution in [3.05, 3.63) is 35.5 Å². The van der Waals surface area contributed by atoms with Crippen molar-refractivity contribution in [3.8, 4) is 23.0 Å². The minimum Gasteiger partial charge on any atom is -0.476 e. The van der Waals surface area contributed by atoms with Gasteiger partial charge in [0.15, 0.2) is 5.69 Å². The van der Waals surface area contributed by atoms with Gasteiger partial charge in [0.1, 0.15) is 5.69 Å². The molecule has 106 valence electrons. The highest BCUT2D eigenvalue weighted by Crippen LogP contribution is 2.23. The fourth-order valence-electron chi connectivity index (χ4n) is 2.03. The number of imidazole rings is 1. The molecule has 0 amide bonds. The first kappa shape index (κ1) is 13.0. The molecule has 2 N–H and O–H groups in total. The number of pyridine rings is 1. The molecule has 3 aromatic rings. The average Bonchev–Trinajstić information content (AvgIpc) is 3.06. The molecule has 0 fully saturated rings. The quantitative estimate of drug-likeness (QED) is 0.753. The van der Waals surface area contributed by atoms with E-state index in [1.165, 1.54) is 6.33 Å². The molecule has 8 heteroatoms. The number of aromatic carboxylic acids is 1. The van der Waals surface area contributed by atoms with Crippen LogP contribution in [0.5, 0.6) is 0 Å². The van der Waals surface area contributed by atoms with Crippen molar-refractivity contribution in [2.75, 3.05) is 0 Å². The Bertz CT molecular complexity index is 801. The monoisotopic (exact) mass is 285 g/mol. The summed E-state index contributed by atoms with van der Waals surface area (Å²) >= 11 is 0. The number of aryl methyl sites for hydroxylation is 2. The molecule has 3 heterocycles. The van der Waals surface area contributed by atoms with Crippen molar-refractivity contribution in [1.29, 1.82) is 0 Å². The largest absolute Gasteiger partial charge is 0.476 e. The second-order valence-electron chi connectivity index (χ2n) is 4.49. The van der Waals surface area contributed by atoms with Gasteiger partial charge in [0.25, 0.3) is 5.89 Å². The van der Waals surface area contributed by atoms with E-state index in [1.54, 1.807) is 0 Å². The highest BCUT2D eigenvalue weighted by molar-refractivity contribution is 5.91. The van der Waals surface area contributed by atoms with Crippen LogP contribution in [-0.2, 0) is 0 Å². The van der Waals surface area contributed by atoms with Gasteiger partial charge in [-0.15, -0.1) is 0 Å². The van der Waals surface area contributed by atoms with Crippen molar-refractivity contribution in [2.24, 2.45) is 0 Å². The molecule has 3 rings (SSSR count). The Morgan fingerprint density at radius 3 is 2.62 bits per heavy atom. The van der Waals surface area contributed by atoms with Crippen LogP contribution >= 0.6 is 0 Å². The molecule has 0 saturated carbocycles. The molecule has 0 atom stereocenters. The number of nitrogens with one attached hydrogen (secondary N) is 1. The molecule has 8 nitrogen and oxygen atoms in total. The minimum absolute atomic E-state index is 0.0759. The van der Waals surface area contributed by atoms with Crippen molar-refractivity contribution in [2.45, 2.75) is 13.8 Å². The molecule has 0 bridgehead atoms. The SMILES string of the molecule is Cc1cc(-c2noc(-c3[nH]cnc3C(=O)O)n2)cc(C)n1. The summed E-state index contributed by atoms with van der Waals surface area (Å²) in [6.07, 6.45) is 1.27. The lowest BCUT2D eigenvalue weighted by molar-refractivity contribution is 0.0691. The third-order valence-corrected chi connectivity index (χ3v) is 2.82. The van der Waals surface area contributed by atoms with Crippen LogP contribution in [0.15, 0.2) is 23.0 Å². The number of aromatic amines is 1. The lowest BCUT2D eigenvalue weighted by atomic mass is 10.2. The smallest absolute Gasteiger partial charge is 0.356 e. The number of aromatic nitrogens is 5. The van der Waals surface area contributed by atoms with E-state index in [2.05, 4.69) is 25.1 Å². The van der Waals surface area contributed by atoms with Gasteiger partial charge in [-0.3, -0.25) is 4.98 Å². The maximum atomic E-state index is 11.0. The summed E-state index contributed by atoms with van der Waals surface area (Å²) in [5, 5.41) is 12.9. The van der Waals surface area contributed by atoms with Crippen LogP contribution in [0.2, 0.25) is 0 Å². The molecular formula is C13H11N5O3. The molecule has 0 saturated heterocycles. The van der Waals surface area contributed by atoms with Crippen LogP contribution in [0.1, 0.15) is 21.9 Å². The molecule has 0 aromatic carbocycles. The summed E-state index contributed by atoms with van der Waals surface area (Å²) in [4.78, 5) is 25.9. The van der Waals surface area contributed by atoms with Gasteiger partial charge in [-0.05, 0) is 26.0 Å². The normalized spacial score (nSPS) is 10.8. The summed E-state index contributed by atoms with van der Waals surface area (Å²) in [5.74, 6) is -0.724. The Labute approximate surface area is 118 Å². The average molecular weight is 285 g/mol. The van der Waals surface area contributed by atoms with Crippen LogP contribution < -0.4 is 0 Å². The van der Waals surface area contributed by atoms with Crippen molar-refractivity contribution >= 4 is 5.97 Å². The fourth-order valence-corrected chi connectivity index (χ4v) is 2.03. The highest BCUT2D eigenvalue weighted by Gasteiger charge is 2.20. The second kappa shape index (κ2) is 4.82. The van der Waals surface area contributed by atoms with E-state index in [0.29, 0.717) is 5.82 Å². The molecule has 3 aromatic heterocycles. The minimum atomic E-state index is -1.17. The third kappa shape index (κ3) is 2.38. The summed E-state index contributed by atoms with van der Waals surface area (Å²) < 4.78 is 5.12. The third-order valence-electron chi connectivity index (χ3n) is 2.82. The predicted molar refractivity (Wildman–Crippen MR) is 71.5 cm³/mol. The number of H-pyrrole nitrogens is 1. The second-order valence-corrected chi connectivity index (χ2v) is 4.49. The Balaban J connectivity index is 2.04. The van der Waals surface area contributed by atoms with E-state index in [0.717, 1.165) is 17.0 Å². The predicted octanol–water partition coefficient (Wildman–Crippen LogP) is 1.84. The van der Waals surface area contributed by atoms with Gasteiger partial charge in [-0.2, -0.15) is 4.98 Å². The Morgan fingerprint density at radius 1 is 1.24 bits per heavy atom. The lowest BCUT2D eigenvalue weighted by Crippen LogP contribution is -1.99. The van der Waals surface area contributed by atoms with E-state index in [-0.39, 0.29) is 17.3 Å². The van der Waals surface area contributed by atoms with E-state index < -0.39 is 5.97 Å². The topological polar surface area (TPSA) is 118 Å². The van der Waals surface area contributed by atoms with E-state index in [9.17, 15) is 4.79 Å². The van der Waals surface area contributed by atoms with Gasteiger partial charge in [0, 0.05) is 17.0 Å². The molecule has 0 aliphatic rings. The summed E-state index contributed by atoms with van der Waals surface area (Å²) in [6, 6.07) is 3.65. The Morgan fingerprint density at radius 2 is 1.95 bits per heavy atom. The first-order valence-electron chi connectivity index (χ1n) is 6.11. The van der Waals surface area contributed by atoms with Gasteiger partial charge in [-0.1, -0.05) is 5.16 Å². The van der Waals surface area contributed by atoms with Crippen LogP contribution in [0.3, 0.4) is 0 Å². The van der Waals surface area contributed by atoms with Crippen LogP contribution in [-0.4, -0.2) is 36.2 Å². The summed E-state index contributed by atoms with van der Waals surface area (Å²) in [5.41, 5.74) is 2.45. The first-order valence-corrected chi connectivity index (χ1v) is 6.11. The molecule has 0 spiro atoms. The molecule has 0 unspecified atom stereocenters. The Kier molecular flexibility index (Phi) is 2.98. The standard InChI is InChI=1S/C13H11N5O3/c1-6-3-8(4-7(2)16-6)11-17-12(21-18-11)9-10(13(19)20)15-5-14-9/h3-5H,1-2H3,(H,14,15)(H,19,20). The van der Waals surface area contributed by atoms with Gasteiger partial charge < -0.3 is 14.6 Å². The zero-order valence-corrected chi connectivity index (χ0v) is 11.3. The summed E-state index contributed by atoms with van der Waals surface area (Å²) in [6.45, 7) is 3.74. The maximum absolute atomic E-state index is 11.0. The van der Waals surface area contributed by atoms with Gasteiger partial charge in [-0.25, -0.2) is 9.78 Å². The molecular weight excluding hydrogens is 274 g/mol.